The minimum atomic E-state index is 0.428. The average molecular weight is 210 g/mol. The van der Waals surface area contributed by atoms with Crippen LogP contribution in [0.25, 0.3) is 0 Å². The summed E-state index contributed by atoms with van der Waals surface area (Å²) in [6.07, 6.45) is 3.77. The van der Waals surface area contributed by atoms with Gasteiger partial charge in [0.15, 0.2) is 0 Å². The second kappa shape index (κ2) is 3.74. The molecule has 15 heavy (non-hydrogen) atoms. The lowest BCUT2D eigenvalue weighted by Crippen LogP contribution is -2.61. The fourth-order valence-corrected chi connectivity index (χ4v) is 3.77. The Morgan fingerprint density at radius 3 is 2.53 bits per heavy atom. The summed E-state index contributed by atoms with van der Waals surface area (Å²) in [4.78, 5) is 0. The number of nitrogens with one attached hydrogen (secondary N) is 1. The summed E-state index contributed by atoms with van der Waals surface area (Å²) in [6, 6.07) is 1.71. The number of fused-ring (bicyclic) bond motifs is 1. The highest BCUT2D eigenvalue weighted by Crippen LogP contribution is 2.48. The Hall–Kier alpha value is -0.0800. The smallest absolute Gasteiger partial charge is 0.00952 e. The fraction of sp³-hybridized carbons (Fsp3) is 1.00. The molecule has 0 amide bonds. The monoisotopic (exact) mass is 210 g/mol. The van der Waals surface area contributed by atoms with E-state index in [2.05, 4.69) is 33.0 Å². The van der Waals surface area contributed by atoms with Crippen LogP contribution in [0.3, 0.4) is 0 Å². The molecule has 2 heteroatoms. The average Bonchev–Trinajstić information content (AvgIpc) is 2.15. The Labute approximate surface area is 94.0 Å². The van der Waals surface area contributed by atoms with Crippen LogP contribution in [0, 0.1) is 17.3 Å². The lowest BCUT2D eigenvalue weighted by molar-refractivity contribution is -0.00933. The quantitative estimate of drug-likeness (QED) is 0.643. The lowest BCUT2D eigenvalue weighted by atomic mass is 9.58. The molecule has 5 atom stereocenters. The first-order valence-electron chi connectivity index (χ1n) is 6.44. The number of hydrogen-bond donors (Lipinski definition) is 2. The van der Waals surface area contributed by atoms with Gasteiger partial charge in [-0.3, -0.25) is 0 Å². The number of piperidine rings is 1. The highest BCUT2D eigenvalue weighted by atomic mass is 15.0. The van der Waals surface area contributed by atoms with Crippen molar-refractivity contribution in [1.82, 2.24) is 5.32 Å². The van der Waals surface area contributed by atoms with Crippen LogP contribution in [-0.2, 0) is 0 Å². The molecule has 2 nitrogen and oxygen atoms in total. The van der Waals surface area contributed by atoms with Gasteiger partial charge in [-0.2, -0.15) is 0 Å². The first kappa shape index (κ1) is 11.4. The van der Waals surface area contributed by atoms with E-state index in [1.807, 2.05) is 0 Å². The molecule has 1 heterocycles. The van der Waals surface area contributed by atoms with Crippen LogP contribution in [0.4, 0.5) is 0 Å². The normalized spacial score (nSPS) is 49.8. The first-order valence-corrected chi connectivity index (χ1v) is 6.44. The molecule has 1 saturated heterocycles. The molecule has 0 aromatic carbocycles. The maximum Gasteiger partial charge on any atom is 0.00952 e. The maximum absolute atomic E-state index is 6.10. The van der Waals surface area contributed by atoms with E-state index >= 15 is 0 Å². The van der Waals surface area contributed by atoms with Crippen molar-refractivity contribution < 1.29 is 0 Å². The summed E-state index contributed by atoms with van der Waals surface area (Å²) < 4.78 is 0. The summed E-state index contributed by atoms with van der Waals surface area (Å²) in [5, 5.41) is 3.73. The minimum absolute atomic E-state index is 0.428. The van der Waals surface area contributed by atoms with Crippen LogP contribution in [-0.4, -0.2) is 18.1 Å². The molecule has 0 spiro atoms. The Morgan fingerprint density at radius 1 is 1.20 bits per heavy atom. The van der Waals surface area contributed by atoms with E-state index in [0.29, 0.717) is 23.5 Å². The summed E-state index contributed by atoms with van der Waals surface area (Å²) in [5.74, 6) is 1.66. The molecule has 2 aliphatic rings. The van der Waals surface area contributed by atoms with Gasteiger partial charge in [-0.15, -0.1) is 0 Å². The molecule has 4 unspecified atom stereocenters. The molecule has 88 valence electrons. The second-order valence-electron chi connectivity index (χ2n) is 6.34. The second-order valence-corrected chi connectivity index (χ2v) is 6.34. The summed E-state index contributed by atoms with van der Waals surface area (Å²) in [5.41, 5.74) is 6.53. The Balaban J connectivity index is 2.20. The predicted octanol–water partition coefficient (Wildman–Crippen LogP) is 2.14. The highest BCUT2D eigenvalue weighted by Gasteiger charge is 2.47. The zero-order valence-electron chi connectivity index (χ0n) is 10.6. The lowest BCUT2D eigenvalue weighted by Gasteiger charge is -2.54. The van der Waals surface area contributed by atoms with E-state index in [1.54, 1.807) is 0 Å². The Kier molecular flexibility index (Phi) is 2.85. The van der Waals surface area contributed by atoms with Crippen LogP contribution in [0.15, 0.2) is 0 Å². The summed E-state index contributed by atoms with van der Waals surface area (Å²) in [6.45, 7) is 9.51. The van der Waals surface area contributed by atoms with E-state index in [9.17, 15) is 0 Å². The van der Waals surface area contributed by atoms with E-state index < -0.39 is 0 Å². The zero-order chi connectivity index (χ0) is 11.2. The third kappa shape index (κ3) is 1.83. The van der Waals surface area contributed by atoms with Crippen molar-refractivity contribution >= 4 is 0 Å². The van der Waals surface area contributed by atoms with Crippen molar-refractivity contribution in [2.24, 2.45) is 23.0 Å². The van der Waals surface area contributed by atoms with Crippen LogP contribution in [0.2, 0.25) is 0 Å². The number of nitrogens with two attached hydrogens (primary N) is 1. The van der Waals surface area contributed by atoms with Gasteiger partial charge in [-0.05, 0) is 50.4 Å². The van der Waals surface area contributed by atoms with Crippen LogP contribution in [0.1, 0.15) is 47.0 Å². The third-order valence-corrected chi connectivity index (χ3v) is 5.17. The maximum atomic E-state index is 6.10. The van der Waals surface area contributed by atoms with Gasteiger partial charge in [0.05, 0.1) is 0 Å². The number of rotatable bonds is 0. The van der Waals surface area contributed by atoms with Gasteiger partial charge in [-0.1, -0.05) is 13.8 Å². The topological polar surface area (TPSA) is 38.0 Å². The van der Waals surface area contributed by atoms with Gasteiger partial charge >= 0.3 is 0 Å². The molecule has 0 radical (unpaired) electrons. The van der Waals surface area contributed by atoms with Gasteiger partial charge in [-0.25, -0.2) is 0 Å². The van der Waals surface area contributed by atoms with E-state index in [-0.39, 0.29) is 0 Å². The van der Waals surface area contributed by atoms with E-state index in [0.717, 1.165) is 11.8 Å². The molecule has 2 fully saturated rings. The molecule has 1 aliphatic heterocycles. The van der Waals surface area contributed by atoms with E-state index in [1.165, 1.54) is 19.3 Å². The van der Waals surface area contributed by atoms with Crippen molar-refractivity contribution in [2.45, 2.75) is 65.1 Å². The Morgan fingerprint density at radius 2 is 1.87 bits per heavy atom. The largest absolute Gasteiger partial charge is 0.328 e. The molecule has 0 aromatic rings. The van der Waals surface area contributed by atoms with Crippen LogP contribution < -0.4 is 11.1 Å². The van der Waals surface area contributed by atoms with E-state index in [4.69, 9.17) is 5.73 Å². The highest BCUT2D eigenvalue weighted by molar-refractivity contribution is 5.02. The van der Waals surface area contributed by atoms with Crippen molar-refractivity contribution in [1.29, 1.82) is 0 Å². The van der Waals surface area contributed by atoms with Gasteiger partial charge in [0.25, 0.3) is 0 Å². The molecule has 0 aromatic heterocycles. The standard InChI is InChI=1S/C13H26N2/c1-8-11-7-10(14)5-6-12(11)13(3,4)9(2)15-8/h8-12,15H,5-7,14H2,1-4H3/t8-,9?,10?,11?,12?/m1/s1. The van der Waals surface area contributed by atoms with Crippen LogP contribution in [0.5, 0.6) is 0 Å². The van der Waals surface area contributed by atoms with Crippen molar-refractivity contribution in [3.63, 3.8) is 0 Å². The fourth-order valence-electron chi connectivity index (χ4n) is 3.77. The molecular weight excluding hydrogens is 184 g/mol. The van der Waals surface area contributed by atoms with Gasteiger partial charge in [0.2, 0.25) is 0 Å². The molecule has 2 rings (SSSR count). The molecule has 3 N–H and O–H groups in total. The minimum Gasteiger partial charge on any atom is -0.328 e. The molecular formula is C13H26N2. The van der Waals surface area contributed by atoms with Crippen LogP contribution >= 0.6 is 0 Å². The Bertz CT molecular complexity index is 237. The van der Waals surface area contributed by atoms with Gasteiger partial charge in [0, 0.05) is 18.1 Å². The van der Waals surface area contributed by atoms with Gasteiger partial charge in [0.1, 0.15) is 0 Å². The van der Waals surface area contributed by atoms with Crippen molar-refractivity contribution in [2.75, 3.05) is 0 Å². The predicted molar refractivity (Wildman–Crippen MR) is 64.6 cm³/mol. The summed E-state index contributed by atoms with van der Waals surface area (Å²) >= 11 is 0. The zero-order valence-corrected chi connectivity index (χ0v) is 10.6. The summed E-state index contributed by atoms with van der Waals surface area (Å²) in [7, 11) is 0. The molecule has 1 aliphatic carbocycles. The number of hydrogen-bond acceptors (Lipinski definition) is 2. The molecule has 0 bridgehead atoms. The molecule has 1 saturated carbocycles. The SMILES string of the molecule is CC1N[C@H](C)C2CC(N)CCC2C1(C)C. The third-order valence-electron chi connectivity index (χ3n) is 5.17. The van der Waals surface area contributed by atoms with Crippen molar-refractivity contribution in [3.05, 3.63) is 0 Å². The van der Waals surface area contributed by atoms with Crippen molar-refractivity contribution in [3.8, 4) is 0 Å². The van der Waals surface area contributed by atoms with Gasteiger partial charge < -0.3 is 11.1 Å². The first-order chi connectivity index (χ1) is 6.93.